The number of nitrogens with zero attached hydrogens (tertiary/aromatic N) is 1. The molecular weight excluding hydrogens is 364 g/mol. The van der Waals surface area contributed by atoms with E-state index in [4.69, 9.17) is 9.47 Å². The van der Waals surface area contributed by atoms with Crippen molar-refractivity contribution in [1.82, 2.24) is 9.88 Å². The van der Waals surface area contributed by atoms with Gasteiger partial charge in [0.1, 0.15) is 0 Å². The molecule has 1 N–H and O–H groups in total. The van der Waals surface area contributed by atoms with Crippen LogP contribution >= 0.6 is 0 Å². The van der Waals surface area contributed by atoms with Crippen LogP contribution in [0.15, 0.2) is 36.4 Å². The zero-order chi connectivity index (χ0) is 20.0. The maximum Gasteiger partial charge on any atom is 0.254 e. The Kier molecular flexibility index (Phi) is 4.46. The number of nitrogens with one attached hydrogen (secondary N) is 1. The summed E-state index contributed by atoms with van der Waals surface area (Å²) in [6, 6.07) is 12.2. The third-order valence-corrected chi connectivity index (χ3v) is 6.23. The van der Waals surface area contributed by atoms with Gasteiger partial charge in [-0.3, -0.25) is 4.79 Å². The summed E-state index contributed by atoms with van der Waals surface area (Å²) in [6.07, 6.45) is 2.86. The Hall–Kier alpha value is -2.95. The first-order valence-corrected chi connectivity index (χ1v) is 10.4. The standard InChI is InChI=1S/C24H26N2O3/c1-15-16(2)25-20-8-6-18(13-19(15)20)24(27)26-10-3-5-21(26)17-7-9-22-23(14-17)29-12-4-11-28-22/h6-9,13-14,21,25H,3-5,10-12H2,1-2H3/t21-/m1/s1. The number of amides is 1. The second kappa shape index (κ2) is 7.14. The molecule has 5 heteroatoms. The first kappa shape index (κ1) is 18.1. The summed E-state index contributed by atoms with van der Waals surface area (Å²) in [5.74, 6) is 1.68. The fourth-order valence-electron chi connectivity index (χ4n) is 4.50. The van der Waals surface area contributed by atoms with Crippen molar-refractivity contribution in [1.29, 1.82) is 0 Å². The van der Waals surface area contributed by atoms with E-state index >= 15 is 0 Å². The van der Waals surface area contributed by atoms with Crippen molar-refractivity contribution >= 4 is 16.8 Å². The Balaban J connectivity index is 1.45. The van der Waals surface area contributed by atoms with E-state index in [2.05, 4.69) is 31.0 Å². The highest BCUT2D eigenvalue weighted by molar-refractivity contribution is 5.99. The van der Waals surface area contributed by atoms with Gasteiger partial charge in [-0.1, -0.05) is 6.07 Å². The topological polar surface area (TPSA) is 54.6 Å². The molecule has 1 saturated heterocycles. The van der Waals surface area contributed by atoms with Crippen LogP contribution in [0.4, 0.5) is 0 Å². The number of aromatic nitrogens is 1. The lowest BCUT2D eigenvalue weighted by molar-refractivity contribution is 0.0735. The number of benzene rings is 2. The van der Waals surface area contributed by atoms with E-state index < -0.39 is 0 Å². The minimum atomic E-state index is 0.0735. The molecule has 29 heavy (non-hydrogen) atoms. The van der Waals surface area contributed by atoms with Gasteiger partial charge in [0, 0.05) is 35.1 Å². The SMILES string of the molecule is Cc1[nH]c2ccc(C(=O)N3CCC[C@@H]3c3ccc4c(c3)OCCCO4)cc2c1C. The molecule has 1 fully saturated rings. The lowest BCUT2D eigenvalue weighted by Gasteiger charge is -2.26. The molecule has 5 nitrogen and oxygen atoms in total. The van der Waals surface area contributed by atoms with Crippen LogP contribution in [0.3, 0.4) is 0 Å². The second-order valence-corrected chi connectivity index (χ2v) is 8.05. The Morgan fingerprint density at radius 1 is 1.03 bits per heavy atom. The van der Waals surface area contributed by atoms with E-state index in [1.165, 1.54) is 5.56 Å². The second-order valence-electron chi connectivity index (χ2n) is 8.05. The summed E-state index contributed by atoms with van der Waals surface area (Å²) in [5.41, 5.74) is 5.31. The fraction of sp³-hybridized carbons (Fsp3) is 0.375. The number of H-pyrrole nitrogens is 1. The number of carbonyl (C=O) groups is 1. The van der Waals surface area contributed by atoms with Gasteiger partial charge in [-0.15, -0.1) is 0 Å². The molecule has 2 aliphatic rings. The third-order valence-electron chi connectivity index (χ3n) is 6.23. The van der Waals surface area contributed by atoms with Crippen LogP contribution in [0.2, 0.25) is 0 Å². The number of likely N-dealkylation sites (tertiary alicyclic amines) is 1. The smallest absolute Gasteiger partial charge is 0.254 e. The number of ether oxygens (including phenoxy) is 2. The van der Waals surface area contributed by atoms with Crippen LogP contribution in [0.25, 0.3) is 10.9 Å². The maximum atomic E-state index is 13.4. The van der Waals surface area contributed by atoms with Crippen molar-refractivity contribution in [3.05, 3.63) is 58.8 Å². The largest absolute Gasteiger partial charge is 0.490 e. The van der Waals surface area contributed by atoms with Crippen LogP contribution in [-0.4, -0.2) is 35.5 Å². The Morgan fingerprint density at radius 2 is 1.86 bits per heavy atom. The normalized spacial score (nSPS) is 18.8. The molecular formula is C24H26N2O3. The molecule has 0 radical (unpaired) electrons. The van der Waals surface area contributed by atoms with Crippen LogP contribution in [0.1, 0.15) is 52.5 Å². The van der Waals surface area contributed by atoms with Crippen molar-refractivity contribution < 1.29 is 14.3 Å². The molecule has 0 bridgehead atoms. The number of aromatic amines is 1. The van der Waals surface area contributed by atoms with Crippen LogP contribution in [0.5, 0.6) is 11.5 Å². The average Bonchev–Trinajstić information content (AvgIpc) is 3.24. The quantitative estimate of drug-likeness (QED) is 0.675. The summed E-state index contributed by atoms with van der Waals surface area (Å²) in [6.45, 7) is 6.29. The van der Waals surface area contributed by atoms with Crippen molar-refractivity contribution in [2.24, 2.45) is 0 Å². The van der Waals surface area contributed by atoms with Crippen molar-refractivity contribution in [2.45, 2.75) is 39.2 Å². The number of fused-ring (bicyclic) bond motifs is 2. The Morgan fingerprint density at radius 3 is 2.72 bits per heavy atom. The molecule has 3 heterocycles. The van der Waals surface area contributed by atoms with E-state index in [1.807, 2.05) is 29.2 Å². The molecule has 0 saturated carbocycles. The molecule has 1 amide bonds. The molecule has 0 unspecified atom stereocenters. The van der Waals surface area contributed by atoms with Gasteiger partial charge in [0.05, 0.1) is 19.3 Å². The van der Waals surface area contributed by atoms with Gasteiger partial charge in [0.15, 0.2) is 11.5 Å². The maximum absolute atomic E-state index is 13.4. The summed E-state index contributed by atoms with van der Waals surface area (Å²) >= 11 is 0. The van der Waals surface area contributed by atoms with Crippen molar-refractivity contribution in [2.75, 3.05) is 19.8 Å². The highest BCUT2D eigenvalue weighted by Gasteiger charge is 2.31. The molecule has 3 aromatic rings. The number of carbonyl (C=O) groups excluding carboxylic acids is 1. The number of aryl methyl sites for hydroxylation is 2. The van der Waals surface area contributed by atoms with Crippen molar-refractivity contribution in [3.8, 4) is 11.5 Å². The van der Waals surface area contributed by atoms with Crippen molar-refractivity contribution in [3.63, 3.8) is 0 Å². The lowest BCUT2D eigenvalue weighted by Crippen LogP contribution is -2.30. The summed E-state index contributed by atoms with van der Waals surface area (Å²) in [4.78, 5) is 18.8. The Labute approximate surface area is 170 Å². The zero-order valence-electron chi connectivity index (χ0n) is 17.0. The molecule has 0 spiro atoms. The van der Waals surface area contributed by atoms with Gasteiger partial charge >= 0.3 is 0 Å². The number of rotatable bonds is 2. The Bertz CT molecular complexity index is 1090. The predicted molar refractivity (Wildman–Crippen MR) is 113 cm³/mol. The number of hydrogen-bond acceptors (Lipinski definition) is 3. The average molecular weight is 390 g/mol. The van der Waals surface area contributed by atoms with Gasteiger partial charge < -0.3 is 19.4 Å². The van der Waals surface area contributed by atoms with E-state index in [0.717, 1.165) is 65.0 Å². The minimum absolute atomic E-state index is 0.0735. The van der Waals surface area contributed by atoms with Gasteiger partial charge in [-0.25, -0.2) is 0 Å². The third kappa shape index (κ3) is 3.15. The van der Waals surface area contributed by atoms with Gasteiger partial charge in [0.25, 0.3) is 5.91 Å². The fourth-order valence-corrected chi connectivity index (χ4v) is 4.50. The van der Waals surface area contributed by atoms with Crippen LogP contribution < -0.4 is 9.47 Å². The highest BCUT2D eigenvalue weighted by Crippen LogP contribution is 2.38. The molecule has 2 aromatic carbocycles. The van der Waals surface area contributed by atoms with Crippen LogP contribution in [-0.2, 0) is 0 Å². The molecule has 5 rings (SSSR count). The first-order valence-electron chi connectivity index (χ1n) is 10.4. The summed E-state index contributed by atoms with van der Waals surface area (Å²) in [5, 5.41) is 1.12. The van der Waals surface area contributed by atoms with E-state index in [1.54, 1.807) is 0 Å². The van der Waals surface area contributed by atoms with E-state index in [-0.39, 0.29) is 11.9 Å². The monoisotopic (exact) mass is 390 g/mol. The number of hydrogen-bond donors (Lipinski definition) is 1. The first-order chi connectivity index (χ1) is 14.1. The molecule has 1 atom stereocenters. The minimum Gasteiger partial charge on any atom is -0.490 e. The van der Waals surface area contributed by atoms with Gasteiger partial charge in [-0.2, -0.15) is 0 Å². The summed E-state index contributed by atoms with van der Waals surface area (Å²) in [7, 11) is 0. The molecule has 2 aliphatic heterocycles. The zero-order valence-corrected chi connectivity index (χ0v) is 17.0. The lowest BCUT2D eigenvalue weighted by atomic mass is 10.0. The van der Waals surface area contributed by atoms with Crippen LogP contribution in [0, 0.1) is 13.8 Å². The molecule has 0 aliphatic carbocycles. The predicted octanol–water partition coefficient (Wildman–Crippen LogP) is 4.92. The summed E-state index contributed by atoms with van der Waals surface area (Å²) < 4.78 is 11.6. The molecule has 150 valence electrons. The van der Waals surface area contributed by atoms with Gasteiger partial charge in [-0.05, 0) is 68.1 Å². The van der Waals surface area contributed by atoms with E-state index in [9.17, 15) is 4.79 Å². The van der Waals surface area contributed by atoms with E-state index in [0.29, 0.717) is 13.2 Å². The highest BCUT2D eigenvalue weighted by atomic mass is 16.5. The van der Waals surface area contributed by atoms with Gasteiger partial charge in [0.2, 0.25) is 0 Å². The molecule has 1 aromatic heterocycles.